The average molecular weight is 417 g/mol. The minimum atomic E-state index is -0.446. The highest BCUT2D eigenvalue weighted by molar-refractivity contribution is 7.15. The summed E-state index contributed by atoms with van der Waals surface area (Å²) in [6, 6.07) is 13.7. The highest BCUT2D eigenvalue weighted by atomic mass is 32.1. The van der Waals surface area contributed by atoms with E-state index in [1.165, 1.54) is 23.5 Å². The third kappa shape index (κ3) is 2.89. The topological polar surface area (TPSA) is 90.7 Å². The molecule has 30 heavy (non-hydrogen) atoms. The van der Waals surface area contributed by atoms with E-state index < -0.39 is 4.92 Å². The fraction of sp³-hybridized carbons (Fsp3) is 0.0909. The summed E-state index contributed by atoms with van der Waals surface area (Å²) in [4.78, 5) is 28.8. The van der Waals surface area contributed by atoms with Gasteiger partial charge in [0.2, 0.25) is 0 Å². The van der Waals surface area contributed by atoms with Crippen molar-refractivity contribution in [1.29, 1.82) is 0 Å². The fourth-order valence-electron chi connectivity index (χ4n) is 3.60. The molecular formula is C22H15N3O4S. The molecule has 0 aliphatic rings. The summed E-state index contributed by atoms with van der Waals surface area (Å²) in [6.45, 7) is 3.98. The molecule has 0 saturated heterocycles. The lowest BCUT2D eigenvalue weighted by Gasteiger charge is -1.97. The van der Waals surface area contributed by atoms with Crippen molar-refractivity contribution in [2.24, 2.45) is 0 Å². The predicted octanol–water partition coefficient (Wildman–Crippen LogP) is 4.24. The van der Waals surface area contributed by atoms with Gasteiger partial charge in [0.1, 0.15) is 16.1 Å². The van der Waals surface area contributed by atoms with Gasteiger partial charge in [-0.2, -0.15) is 0 Å². The molecule has 3 aromatic heterocycles. The molecule has 148 valence electrons. The maximum atomic E-state index is 13.0. The molecule has 0 N–H and O–H groups in total. The summed E-state index contributed by atoms with van der Waals surface area (Å²) in [5.41, 5.74) is 4.21. The summed E-state index contributed by atoms with van der Waals surface area (Å²) in [7, 11) is 0. The number of imidazole rings is 1. The Labute approximate surface area is 173 Å². The molecule has 8 heteroatoms. The largest absolute Gasteiger partial charge is 0.457 e. The van der Waals surface area contributed by atoms with Crippen molar-refractivity contribution < 1.29 is 9.34 Å². The van der Waals surface area contributed by atoms with Crippen LogP contribution in [0.4, 0.5) is 5.69 Å². The smallest absolute Gasteiger partial charge is 0.275 e. The zero-order valence-corrected chi connectivity index (χ0v) is 16.9. The van der Waals surface area contributed by atoms with Crippen LogP contribution in [0.1, 0.15) is 16.9 Å². The van der Waals surface area contributed by atoms with E-state index in [2.05, 4.69) is 11.1 Å². The minimum Gasteiger partial charge on any atom is -0.457 e. The van der Waals surface area contributed by atoms with Gasteiger partial charge < -0.3 is 4.42 Å². The van der Waals surface area contributed by atoms with Crippen molar-refractivity contribution in [2.75, 3.05) is 0 Å². The number of aromatic nitrogens is 2. The van der Waals surface area contributed by atoms with E-state index in [0.717, 1.165) is 22.2 Å². The van der Waals surface area contributed by atoms with Gasteiger partial charge in [0.15, 0.2) is 4.96 Å². The van der Waals surface area contributed by atoms with Crippen LogP contribution in [-0.2, 0) is 0 Å². The number of nitro groups is 1. The van der Waals surface area contributed by atoms with Crippen LogP contribution in [0.3, 0.4) is 0 Å². The Balaban J connectivity index is 1.61. The number of rotatable bonds is 3. The third-order valence-corrected chi connectivity index (χ3v) is 5.89. The minimum absolute atomic E-state index is 0.00628. The van der Waals surface area contributed by atoms with E-state index in [9.17, 15) is 14.9 Å². The third-order valence-electron chi connectivity index (χ3n) is 4.92. The normalized spacial score (nSPS) is 12.3. The number of thiazole rings is 1. The summed E-state index contributed by atoms with van der Waals surface area (Å²) in [6.07, 6.45) is 1.68. The number of aryl methyl sites for hydroxylation is 2. The molecule has 0 bridgehead atoms. The SMILES string of the molecule is Cc1cc(C)c2nc3s/c(=C\c4ccc(-c5cccc([N+](=O)[O-])c5)o4)c(=O)n3c2c1. The molecular weight excluding hydrogens is 402 g/mol. The first kappa shape index (κ1) is 18.3. The first-order chi connectivity index (χ1) is 14.4. The Morgan fingerprint density at radius 2 is 2.00 bits per heavy atom. The fourth-order valence-corrected chi connectivity index (χ4v) is 4.56. The number of benzene rings is 2. The molecule has 0 aliphatic heterocycles. The van der Waals surface area contributed by atoms with E-state index in [0.29, 0.717) is 26.6 Å². The van der Waals surface area contributed by atoms with Gasteiger partial charge in [-0.15, -0.1) is 0 Å². The Morgan fingerprint density at radius 3 is 2.80 bits per heavy atom. The number of hydrogen-bond acceptors (Lipinski definition) is 6. The van der Waals surface area contributed by atoms with Crippen LogP contribution in [0, 0.1) is 24.0 Å². The molecule has 0 atom stereocenters. The Hall–Kier alpha value is -3.78. The molecule has 0 spiro atoms. The maximum absolute atomic E-state index is 13.0. The standard InChI is InChI=1S/C22H15N3O4S/c1-12-8-13(2)20-17(9-12)24-21(26)19(30-22(24)23-20)11-16-6-7-18(29-16)14-4-3-5-15(10-14)25(27)28/h3-11H,1-2H3/b19-11-. The number of fused-ring (bicyclic) bond motifs is 3. The molecule has 0 unspecified atom stereocenters. The molecule has 0 aliphatic carbocycles. The number of nitrogens with zero attached hydrogens (tertiary/aromatic N) is 3. The van der Waals surface area contributed by atoms with Crippen molar-refractivity contribution in [3.63, 3.8) is 0 Å². The van der Waals surface area contributed by atoms with E-state index in [-0.39, 0.29) is 11.2 Å². The summed E-state index contributed by atoms with van der Waals surface area (Å²) >= 11 is 1.30. The van der Waals surface area contributed by atoms with Gasteiger partial charge in [0.05, 0.1) is 16.0 Å². The molecule has 5 aromatic rings. The van der Waals surface area contributed by atoms with E-state index in [1.54, 1.807) is 34.7 Å². The van der Waals surface area contributed by atoms with Crippen molar-refractivity contribution >= 4 is 39.1 Å². The van der Waals surface area contributed by atoms with E-state index in [1.807, 2.05) is 19.9 Å². The van der Waals surface area contributed by atoms with Crippen LogP contribution in [0.25, 0.3) is 33.4 Å². The molecule has 7 nitrogen and oxygen atoms in total. The average Bonchev–Trinajstić information content (AvgIpc) is 3.39. The van der Waals surface area contributed by atoms with Crippen LogP contribution in [0.5, 0.6) is 0 Å². The summed E-state index contributed by atoms with van der Waals surface area (Å²) in [5, 5.41) is 11.0. The van der Waals surface area contributed by atoms with E-state index >= 15 is 0 Å². The maximum Gasteiger partial charge on any atom is 0.275 e. The van der Waals surface area contributed by atoms with Gasteiger partial charge in [0.25, 0.3) is 11.2 Å². The molecule has 5 rings (SSSR count). The van der Waals surface area contributed by atoms with Crippen LogP contribution in [0.15, 0.2) is 57.7 Å². The van der Waals surface area contributed by atoms with Gasteiger partial charge in [-0.05, 0) is 43.2 Å². The first-order valence-electron chi connectivity index (χ1n) is 9.19. The number of non-ortho nitro benzene ring substituents is 1. The molecule has 0 fully saturated rings. The second-order valence-electron chi connectivity index (χ2n) is 7.10. The highest BCUT2D eigenvalue weighted by Gasteiger charge is 2.14. The lowest BCUT2D eigenvalue weighted by Crippen LogP contribution is -2.22. The van der Waals surface area contributed by atoms with Crippen molar-refractivity contribution in [3.8, 4) is 11.3 Å². The Morgan fingerprint density at radius 1 is 1.17 bits per heavy atom. The lowest BCUT2D eigenvalue weighted by atomic mass is 10.1. The van der Waals surface area contributed by atoms with Gasteiger partial charge in [-0.1, -0.05) is 29.5 Å². The van der Waals surface area contributed by atoms with Crippen LogP contribution < -0.4 is 10.1 Å². The van der Waals surface area contributed by atoms with Crippen LogP contribution >= 0.6 is 11.3 Å². The number of furan rings is 1. The predicted molar refractivity (Wildman–Crippen MR) is 116 cm³/mol. The van der Waals surface area contributed by atoms with Gasteiger partial charge in [0, 0.05) is 23.8 Å². The zero-order valence-electron chi connectivity index (χ0n) is 16.1. The molecule has 0 saturated carbocycles. The van der Waals surface area contributed by atoms with Crippen molar-refractivity contribution in [2.45, 2.75) is 13.8 Å². The second kappa shape index (κ2) is 6.64. The zero-order chi connectivity index (χ0) is 21.0. The first-order valence-corrected chi connectivity index (χ1v) is 10.0. The van der Waals surface area contributed by atoms with Crippen LogP contribution in [0.2, 0.25) is 0 Å². The highest BCUT2D eigenvalue weighted by Crippen LogP contribution is 2.26. The monoisotopic (exact) mass is 417 g/mol. The number of hydrogen-bond donors (Lipinski definition) is 0. The van der Waals surface area contributed by atoms with E-state index in [4.69, 9.17) is 4.42 Å². The molecule has 0 amide bonds. The van der Waals surface area contributed by atoms with Crippen molar-refractivity contribution in [1.82, 2.24) is 9.38 Å². The Kier molecular flexibility index (Phi) is 4.04. The summed E-state index contributed by atoms with van der Waals surface area (Å²) < 4.78 is 7.97. The number of nitro benzene ring substituents is 1. The van der Waals surface area contributed by atoms with Crippen LogP contribution in [-0.4, -0.2) is 14.3 Å². The van der Waals surface area contributed by atoms with Crippen molar-refractivity contribution in [3.05, 3.63) is 90.4 Å². The molecule has 3 heterocycles. The van der Waals surface area contributed by atoms with Gasteiger partial charge in [-0.25, -0.2) is 9.38 Å². The Bertz CT molecular complexity index is 1580. The van der Waals surface area contributed by atoms with Gasteiger partial charge >= 0.3 is 0 Å². The second-order valence-corrected chi connectivity index (χ2v) is 8.11. The summed E-state index contributed by atoms with van der Waals surface area (Å²) in [5.74, 6) is 0.991. The van der Waals surface area contributed by atoms with Gasteiger partial charge in [-0.3, -0.25) is 14.9 Å². The quantitative estimate of drug-likeness (QED) is 0.323. The molecule has 0 radical (unpaired) electrons. The lowest BCUT2D eigenvalue weighted by molar-refractivity contribution is -0.384. The molecule has 2 aromatic carbocycles.